The number of phenolic OH excluding ortho intramolecular Hbond substituents is 2. The summed E-state index contributed by atoms with van der Waals surface area (Å²) in [6.45, 7) is 1.78. The third kappa shape index (κ3) is 3.38. The second-order valence-corrected chi connectivity index (χ2v) is 5.02. The van der Waals surface area contributed by atoms with Gasteiger partial charge in [0.2, 0.25) is 0 Å². The van der Waals surface area contributed by atoms with Crippen molar-refractivity contribution in [2.24, 2.45) is 0 Å². The van der Waals surface area contributed by atoms with E-state index in [4.69, 9.17) is 16.7 Å². The summed E-state index contributed by atoms with van der Waals surface area (Å²) < 4.78 is 0. The summed E-state index contributed by atoms with van der Waals surface area (Å²) in [7, 11) is 0. The molecule has 1 atom stereocenters. The highest BCUT2D eigenvalue weighted by Crippen LogP contribution is 2.31. The Kier molecular flexibility index (Phi) is 4.23. The quantitative estimate of drug-likeness (QED) is 0.648. The Bertz CT molecular complexity index is 687. The second-order valence-electron chi connectivity index (χ2n) is 4.61. The second kappa shape index (κ2) is 5.93. The van der Waals surface area contributed by atoms with E-state index < -0.39 is 5.97 Å². The SMILES string of the molecule is CC(Nc1ccc(Cl)c(C(=O)O)c1)c1cc(O)ccc1O. The molecule has 0 aliphatic rings. The molecule has 0 fully saturated rings. The first-order valence-electron chi connectivity index (χ1n) is 6.19. The summed E-state index contributed by atoms with van der Waals surface area (Å²) >= 11 is 5.81. The molecule has 1 unspecified atom stereocenters. The predicted molar refractivity (Wildman–Crippen MR) is 80.2 cm³/mol. The summed E-state index contributed by atoms with van der Waals surface area (Å²) in [6, 6.07) is 8.44. The van der Waals surface area contributed by atoms with Crippen LogP contribution in [-0.4, -0.2) is 21.3 Å². The van der Waals surface area contributed by atoms with Crippen molar-refractivity contribution in [3.63, 3.8) is 0 Å². The van der Waals surface area contributed by atoms with Gasteiger partial charge in [0.1, 0.15) is 11.5 Å². The number of carboxylic acids is 1. The summed E-state index contributed by atoms with van der Waals surface area (Å²) in [5.41, 5.74) is 1.04. The van der Waals surface area contributed by atoms with Crippen molar-refractivity contribution < 1.29 is 20.1 Å². The van der Waals surface area contributed by atoms with Gasteiger partial charge in [-0.3, -0.25) is 0 Å². The van der Waals surface area contributed by atoms with Gasteiger partial charge in [0.05, 0.1) is 16.6 Å². The van der Waals surface area contributed by atoms with E-state index in [2.05, 4.69) is 5.32 Å². The fourth-order valence-corrected chi connectivity index (χ4v) is 2.19. The summed E-state index contributed by atoms with van der Waals surface area (Å²) in [5.74, 6) is -1.03. The number of aromatic hydroxyl groups is 2. The maximum absolute atomic E-state index is 11.0. The number of carboxylic acid groups (broad SMARTS) is 1. The first-order chi connectivity index (χ1) is 9.88. The van der Waals surface area contributed by atoms with Gasteiger partial charge in [-0.25, -0.2) is 4.79 Å². The smallest absolute Gasteiger partial charge is 0.337 e. The molecule has 2 rings (SSSR count). The van der Waals surface area contributed by atoms with Crippen molar-refractivity contribution in [2.75, 3.05) is 5.32 Å². The van der Waals surface area contributed by atoms with E-state index in [0.717, 1.165) is 0 Å². The number of anilines is 1. The van der Waals surface area contributed by atoms with Gasteiger partial charge in [-0.05, 0) is 43.3 Å². The Hall–Kier alpha value is -2.40. The van der Waals surface area contributed by atoms with E-state index in [1.165, 1.54) is 30.3 Å². The molecule has 0 spiro atoms. The van der Waals surface area contributed by atoms with Crippen LogP contribution >= 0.6 is 11.6 Å². The molecule has 2 aromatic carbocycles. The molecule has 0 amide bonds. The molecule has 5 nitrogen and oxygen atoms in total. The Balaban J connectivity index is 2.27. The third-order valence-corrected chi connectivity index (χ3v) is 3.39. The topological polar surface area (TPSA) is 89.8 Å². The average Bonchev–Trinajstić information content (AvgIpc) is 2.43. The molecule has 110 valence electrons. The summed E-state index contributed by atoms with van der Waals surface area (Å²) in [4.78, 5) is 11.0. The number of aromatic carboxylic acids is 1. The van der Waals surface area contributed by atoms with E-state index in [0.29, 0.717) is 11.3 Å². The molecule has 0 saturated heterocycles. The number of nitrogens with one attached hydrogen (secondary N) is 1. The molecule has 0 heterocycles. The number of benzene rings is 2. The lowest BCUT2D eigenvalue weighted by molar-refractivity contribution is 0.0697. The van der Waals surface area contributed by atoms with Gasteiger partial charge in [-0.15, -0.1) is 0 Å². The minimum atomic E-state index is -1.11. The van der Waals surface area contributed by atoms with Crippen LogP contribution in [0.15, 0.2) is 36.4 Å². The lowest BCUT2D eigenvalue weighted by Gasteiger charge is -2.17. The predicted octanol–water partition coefficient (Wildman–Crippen LogP) is 3.62. The van der Waals surface area contributed by atoms with E-state index in [1.807, 2.05) is 0 Å². The van der Waals surface area contributed by atoms with Gasteiger partial charge in [0.15, 0.2) is 0 Å². The van der Waals surface area contributed by atoms with E-state index in [1.54, 1.807) is 13.0 Å². The first-order valence-corrected chi connectivity index (χ1v) is 6.57. The normalized spacial score (nSPS) is 11.9. The lowest BCUT2D eigenvalue weighted by Crippen LogP contribution is -2.08. The van der Waals surface area contributed by atoms with Crippen LogP contribution in [0, 0.1) is 0 Å². The minimum absolute atomic E-state index is 0.00556. The first kappa shape index (κ1) is 15.0. The molecule has 21 heavy (non-hydrogen) atoms. The van der Waals surface area contributed by atoms with Gasteiger partial charge in [-0.2, -0.15) is 0 Å². The van der Waals surface area contributed by atoms with Crippen molar-refractivity contribution in [1.29, 1.82) is 0 Å². The monoisotopic (exact) mass is 307 g/mol. The zero-order chi connectivity index (χ0) is 15.6. The molecule has 0 saturated carbocycles. The molecular formula is C15H14ClNO4. The standard InChI is InChI=1S/C15H14ClNO4/c1-8(11-7-10(18)3-5-14(11)19)17-9-2-4-13(16)12(6-9)15(20)21/h2-8,17-19H,1H3,(H,20,21). The van der Waals surface area contributed by atoms with Crippen LogP contribution in [0.3, 0.4) is 0 Å². The Morgan fingerprint density at radius 1 is 1.19 bits per heavy atom. The number of hydrogen-bond donors (Lipinski definition) is 4. The molecule has 4 N–H and O–H groups in total. The van der Waals surface area contributed by atoms with Crippen molar-refractivity contribution in [3.8, 4) is 11.5 Å². The van der Waals surface area contributed by atoms with Gasteiger partial charge in [-0.1, -0.05) is 11.6 Å². The van der Waals surface area contributed by atoms with Crippen LogP contribution in [0.4, 0.5) is 5.69 Å². The average molecular weight is 308 g/mol. The largest absolute Gasteiger partial charge is 0.508 e. The van der Waals surface area contributed by atoms with Gasteiger partial charge in [0.25, 0.3) is 0 Å². The molecule has 6 heteroatoms. The number of carbonyl (C=O) groups is 1. The van der Waals surface area contributed by atoms with Crippen molar-refractivity contribution in [1.82, 2.24) is 0 Å². The fraction of sp³-hybridized carbons (Fsp3) is 0.133. The number of halogens is 1. The van der Waals surface area contributed by atoms with Gasteiger partial charge in [0, 0.05) is 11.3 Å². The Morgan fingerprint density at radius 3 is 2.57 bits per heavy atom. The zero-order valence-corrected chi connectivity index (χ0v) is 11.9. The van der Waals surface area contributed by atoms with Gasteiger partial charge >= 0.3 is 5.97 Å². The van der Waals surface area contributed by atoms with Crippen LogP contribution in [0.2, 0.25) is 5.02 Å². The number of hydrogen-bond acceptors (Lipinski definition) is 4. The molecule has 2 aromatic rings. The number of rotatable bonds is 4. The molecule has 0 aliphatic heterocycles. The van der Waals surface area contributed by atoms with E-state index in [-0.39, 0.29) is 28.1 Å². The molecule has 0 bridgehead atoms. The molecule has 0 aromatic heterocycles. The minimum Gasteiger partial charge on any atom is -0.508 e. The highest BCUT2D eigenvalue weighted by atomic mass is 35.5. The van der Waals surface area contributed by atoms with Crippen LogP contribution in [0.1, 0.15) is 28.9 Å². The van der Waals surface area contributed by atoms with E-state index in [9.17, 15) is 15.0 Å². The van der Waals surface area contributed by atoms with Crippen molar-refractivity contribution in [3.05, 3.63) is 52.5 Å². The highest BCUT2D eigenvalue weighted by Gasteiger charge is 2.14. The fourth-order valence-electron chi connectivity index (χ4n) is 2.00. The summed E-state index contributed by atoms with van der Waals surface area (Å²) in [6.07, 6.45) is 0. The Labute approximate surface area is 126 Å². The third-order valence-electron chi connectivity index (χ3n) is 3.06. The molecule has 0 aliphatic carbocycles. The highest BCUT2D eigenvalue weighted by molar-refractivity contribution is 6.33. The lowest BCUT2D eigenvalue weighted by atomic mass is 10.1. The molecular weight excluding hydrogens is 294 g/mol. The molecule has 0 radical (unpaired) electrons. The van der Waals surface area contributed by atoms with E-state index >= 15 is 0 Å². The summed E-state index contributed by atoms with van der Waals surface area (Å²) in [5, 5.41) is 31.5. The van der Waals surface area contributed by atoms with Crippen LogP contribution < -0.4 is 5.32 Å². The van der Waals surface area contributed by atoms with Crippen LogP contribution in [-0.2, 0) is 0 Å². The van der Waals surface area contributed by atoms with Crippen LogP contribution in [0.25, 0.3) is 0 Å². The zero-order valence-electron chi connectivity index (χ0n) is 11.2. The Morgan fingerprint density at radius 2 is 1.90 bits per heavy atom. The van der Waals surface area contributed by atoms with Gasteiger partial charge < -0.3 is 20.6 Å². The maximum Gasteiger partial charge on any atom is 0.337 e. The van der Waals surface area contributed by atoms with Crippen LogP contribution in [0.5, 0.6) is 11.5 Å². The van der Waals surface area contributed by atoms with Crippen molar-refractivity contribution in [2.45, 2.75) is 13.0 Å². The number of phenols is 2. The van der Waals surface area contributed by atoms with Crippen molar-refractivity contribution >= 4 is 23.3 Å². The maximum atomic E-state index is 11.0.